The third-order valence-electron chi connectivity index (χ3n) is 2.13. The number of nitrogens with zero attached hydrogens (tertiary/aromatic N) is 2. The first-order valence-corrected chi connectivity index (χ1v) is 5.60. The summed E-state index contributed by atoms with van der Waals surface area (Å²) in [6.45, 7) is 1.76. The Morgan fingerprint density at radius 2 is 2.11 bits per heavy atom. The Labute approximate surface area is 111 Å². The molecule has 0 bridgehead atoms. The molecule has 0 radical (unpaired) electrons. The number of rotatable bonds is 5. The average Bonchev–Trinajstić information content (AvgIpc) is 2.43. The molecule has 0 spiro atoms. The van der Waals surface area contributed by atoms with Crippen LogP contribution in [0, 0.1) is 22.7 Å². The second kappa shape index (κ2) is 7.52. The molecule has 1 rings (SSSR count). The Bertz CT molecular complexity index is 565. The zero-order valence-electron chi connectivity index (χ0n) is 10.4. The minimum atomic E-state index is -0.680. The fourth-order valence-corrected chi connectivity index (χ4v) is 1.34. The first-order chi connectivity index (χ1) is 9.22. The van der Waals surface area contributed by atoms with Gasteiger partial charge in [-0.25, -0.2) is 4.79 Å². The Morgan fingerprint density at radius 3 is 2.74 bits per heavy atom. The maximum absolute atomic E-state index is 11.5. The zero-order chi connectivity index (χ0) is 14.1. The van der Waals surface area contributed by atoms with Gasteiger partial charge in [-0.2, -0.15) is 10.5 Å². The van der Waals surface area contributed by atoms with Gasteiger partial charge in [0, 0.05) is 5.56 Å². The number of ether oxygens (including phenoxy) is 2. The molecule has 0 aliphatic heterocycles. The molecule has 96 valence electrons. The SMILES string of the molecule is CCOC(=O)C(C#N)=Cc1ccccc1OCC#N. The van der Waals surface area contributed by atoms with E-state index < -0.39 is 5.97 Å². The van der Waals surface area contributed by atoms with Crippen LogP contribution in [0.4, 0.5) is 0 Å². The van der Waals surface area contributed by atoms with Crippen molar-refractivity contribution in [3.05, 3.63) is 35.4 Å². The van der Waals surface area contributed by atoms with Gasteiger partial charge >= 0.3 is 5.97 Å². The quantitative estimate of drug-likeness (QED) is 0.457. The predicted molar refractivity (Wildman–Crippen MR) is 67.8 cm³/mol. The largest absolute Gasteiger partial charge is 0.478 e. The lowest BCUT2D eigenvalue weighted by molar-refractivity contribution is -0.137. The monoisotopic (exact) mass is 256 g/mol. The number of carbonyl (C=O) groups is 1. The second-order valence-electron chi connectivity index (χ2n) is 3.37. The van der Waals surface area contributed by atoms with Gasteiger partial charge in [-0.05, 0) is 19.1 Å². The lowest BCUT2D eigenvalue weighted by atomic mass is 10.1. The fraction of sp³-hybridized carbons (Fsp3) is 0.214. The average molecular weight is 256 g/mol. The first-order valence-electron chi connectivity index (χ1n) is 5.60. The lowest BCUT2D eigenvalue weighted by Gasteiger charge is -2.06. The molecule has 0 heterocycles. The van der Waals surface area contributed by atoms with Crippen molar-refractivity contribution in [3.8, 4) is 17.9 Å². The fourth-order valence-electron chi connectivity index (χ4n) is 1.34. The molecule has 0 unspecified atom stereocenters. The van der Waals surface area contributed by atoms with Gasteiger partial charge in [-0.1, -0.05) is 18.2 Å². The van der Waals surface area contributed by atoms with Gasteiger partial charge in [0.15, 0.2) is 6.61 Å². The highest BCUT2D eigenvalue weighted by molar-refractivity contribution is 5.98. The maximum atomic E-state index is 11.5. The number of nitriles is 2. The van der Waals surface area contributed by atoms with E-state index in [-0.39, 0.29) is 18.8 Å². The smallest absolute Gasteiger partial charge is 0.348 e. The van der Waals surface area contributed by atoms with Crippen LogP contribution in [-0.4, -0.2) is 19.2 Å². The molecule has 5 nitrogen and oxygen atoms in total. The van der Waals surface area contributed by atoms with Crippen LogP contribution in [0.25, 0.3) is 6.08 Å². The van der Waals surface area contributed by atoms with E-state index in [1.807, 2.05) is 6.07 Å². The van der Waals surface area contributed by atoms with Gasteiger partial charge in [0.1, 0.15) is 23.5 Å². The number of benzene rings is 1. The van der Waals surface area contributed by atoms with Gasteiger partial charge in [-0.3, -0.25) is 0 Å². The van der Waals surface area contributed by atoms with E-state index in [4.69, 9.17) is 20.0 Å². The first kappa shape index (κ1) is 14.3. The summed E-state index contributed by atoms with van der Waals surface area (Å²) < 4.78 is 9.97. The number of hydrogen-bond donors (Lipinski definition) is 0. The summed E-state index contributed by atoms with van der Waals surface area (Å²) in [6.07, 6.45) is 1.38. The number of esters is 1. The summed E-state index contributed by atoms with van der Waals surface area (Å²) in [7, 11) is 0. The molecule has 0 fully saturated rings. The minimum absolute atomic E-state index is 0.105. The molecule has 0 aromatic heterocycles. The Hall–Kier alpha value is -2.79. The number of hydrogen-bond acceptors (Lipinski definition) is 5. The molecule has 5 heteroatoms. The molecule has 0 atom stereocenters. The highest BCUT2D eigenvalue weighted by Gasteiger charge is 2.11. The van der Waals surface area contributed by atoms with Gasteiger partial charge in [-0.15, -0.1) is 0 Å². The minimum Gasteiger partial charge on any atom is -0.478 e. The van der Waals surface area contributed by atoms with Crippen molar-refractivity contribution in [2.24, 2.45) is 0 Å². The van der Waals surface area contributed by atoms with E-state index >= 15 is 0 Å². The van der Waals surface area contributed by atoms with E-state index in [2.05, 4.69) is 0 Å². The normalized spacial score (nSPS) is 10.2. The summed E-state index contributed by atoms with van der Waals surface area (Å²) in [6, 6.07) is 10.5. The van der Waals surface area contributed by atoms with Gasteiger partial charge < -0.3 is 9.47 Å². The van der Waals surface area contributed by atoms with Crippen LogP contribution in [-0.2, 0) is 9.53 Å². The Kier molecular flexibility index (Phi) is 5.65. The molecule has 1 aromatic carbocycles. The van der Waals surface area contributed by atoms with Crippen molar-refractivity contribution >= 4 is 12.0 Å². The van der Waals surface area contributed by atoms with Gasteiger partial charge in [0.25, 0.3) is 0 Å². The van der Waals surface area contributed by atoms with E-state index in [0.717, 1.165) is 0 Å². The summed E-state index contributed by atoms with van der Waals surface area (Å²) in [5.41, 5.74) is 0.428. The van der Waals surface area contributed by atoms with Crippen LogP contribution in [0.5, 0.6) is 5.75 Å². The van der Waals surface area contributed by atoms with Gasteiger partial charge in [0.2, 0.25) is 0 Å². The van der Waals surface area contributed by atoms with Crippen LogP contribution in [0.15, 0.2) is 29.8 Å². The van der Waals surface area contributed by atoms with Crippen molar-refractivity contribution in [3.63, 3.8) is 0 Å². The predicted octanol–water partition coefficient (Wildman–Crippen LogP) is 2.06. The molecule has 19 heavy (non-hydrogen) atoms. The van der Waals surface area contributed by atoms with Crippen molar-refractivity contribution in [1.82, 2.24) is 0 Å². The van der Waals surface area contributed by atoms with E-state index in [1.54, 1.807) is 37.3 Å². The Morgan fingerprint density at radius 1 is 1.37 bits per heavy atom. The molecular weight excluding hydrogens is 244 g/mol. The lowest BCUT2D eigenvalue weighted by Crippen LogP contribution is -2.06. The van der Waals surface area contributed by atoms with Crippen LogP contribution in [0.3, 0.4) is 0 Å². The Balaban J connectivity index is 3.05. The van der Waals surface area contributed by atoms with Gasteiger partial charge in [0.05, 0.1) is 6.61 Å². The molecule has 1 aromatic rings. The molecule has 0 aliphatic rings. The molecule has 0 saturated heterocycles. The molecule has 0 aliphatic carbocycles. The number of para-hydroxylation sites is 1. The van der Waals surface area contributed by atoms with Crippen molar-refractivity contribution in [1.29, 1.82) is 10.5 Å². The third kappa shape index (κ3) is 4.18. The van der Waals surface area contributed by atoms with Crippen LogP contribution >= 0.6 is 0 Å². The van der Waals surface area contributed by atoms with E-state index in [1.165, 1.54) is 6.08 Å². The maximum Gasteiger partial charge on any atom is 0.348 e. The summed E-state index contributed by atoms with van der Waals surface area (Å²) >= 11 is 0. The molecular formula is C14H12N2O3. The van der Waals surface area contributed by atoms with E-state index in [0.29, 0.717) is 11.3 Å². The summed E-state index contributed by atoms with van der Waals surface area (Å²) in [5, 5.41) is 17.4. The number of carbonyl (C=O) groups excluding carboxylic acids is 1. The highest BCUT2D eigenvalue weighted by atomic mass is 16.5. The summed E-state index contributed by atoms with van der Waals surface area (Å²) in [5.74, 6) is -0.249. The molecule has 0 N–H and O–H groups in total. The zero-order valence-corrected chi connectivity index (χ0v) is 10.4. The highest BCUT2D eigenvalue weighted by Crippen LogP contribution is 2.21. The molecule has 0 saturated carbocycles. The second-order valence-corrected chi connectivity index (χ2v) is 3.37. The topological polar surface area (TPSA) is 83.1 Å². The van der Waals surface area contributed by atoms with E-state index in [9.17, 15) is 4.79 Å². The van der Waals surface area contributed by atoms with Crippen LogP contribution in [0.1, 0.15) is 12.5 Å². The summed E-state index contributed by atoms with van der Waals surface area (Å²) in [4.78, 5) is 11.5. The molecule has 0 amide bonds. The van der Waals surface area contributed by atoms with Crippen molar-refractivity contribution in [2.45, 2.75) is 6.92 Å². The third-order valence-corrected chi connectivity index (χ3v) is 2.13. The van der Waals surface area contributed by atoms with Crippen molar-refractivity contribution < 1.29 is 14.3 Å². The standard InChI is InChI=1S/C14H12N2O3/c1-2-18-14(17)12(10-16)9-11-5-3-4-6-13(11)19-8-7-15/h3-6,9H,2,8H2,1H3. The van der Waals surface area contributed by atoms with Crippen molar-refractivity contribution in [2.75, 3.05) is 13.2 Å². The van der Waals surface area contributed by atoms with Crippen LogP contribution < -0.4 is 4.74 Å². The van der Waals surface area contributed by atoms with Crippen LogP contribution in [0.2, 0.25) is 0 Å².